The molecule has 2 rings (SSSR count). The van der Waals surface area contributed by atoms with E-state index in [1.807, 2.05) is 0 Å². The highest BCUT2D eigenvalue weighted by atomic mass is 16.6. The van der Waals surface area contributed by atoms with Crippen molar-refractivity contribution in [3.05, 3.63) is 33.9 Å². The Kier molecular flexibility index (Phi) is 3.20. The van der Waals surface area contributed by atoms with Crippen LogP contribution in [0.4, 0.5) is 11.4 Å². The topological polar surface area (TPSA) is 107 Å². The first kappa shape index (κ1) is 13.0. The monoisotopic (exact) mass is 263 g/mol. The van der Waals surface area contributed by atoms with Crippen molar-refractivity contribution in [2.75, 3.05) is 11.4 Å². The number of anilines is 1. The van der Waals surface area contributed by atoms with Crippen LogP contribution in [-0.4, -0.2) is 23.3 Å². The van der Waals surface area contributed by atoms with E-state index in [0.717, 1.165) is 0 Å². The van der Waals surface area contributed by atoms with Crippen molar-refractivity contribution in [3.63, 3.8) is 0 Å². The number of amides is 2. The summed E-state index contributed by atoms with van der Waals surface area (Å²) in [6.45, 7) is 1.80. The molecule has 0 saturated carbocycles. The molecular weight excluding hydrogens is 250 g/mol. The summed E-state index contributed by atoms with van der Waals surface area (Å²) in [5, 5.41) is 10.9. The van der Waals surface area contributed by atoms with E-state index in [1.165, 1.54) is 11.0 Å². The number of carbonyl (C=O) groups is 2. The van der Waals surface area contributed by atoms with Crippen molar-refractivity contribution in [1.29, 1.82) is 0 Å². The summed E-state index contributed by atoms with van der Waals surface area (Å²) >= 11 is 0. The van der Waals surface area contributed by atoms with Gasteiger partial charge in [-0.2, -0.15) is 0 Å². The van der Waals surface area contributed by atoms with Crippen LogP contribution < -0.4 is 10.6 Å². The van der Waals surface area contributed by atoms with Crippen LogP contribution in [0.3, 0.4) is 0 Å². The molecule has 0 unspecified atom stereocenters. The van der Waals surface area contributed by atoms with E-state index in [2.05, 4.69) is 0 Å². The van der Waals surface area contributed by atoms with Gasteiger partial charge in [0.1, 0.15) is 0 Å². The highest BCUT2D eigenvalue weighted by Crippen LogP contribution is 2.29. The molecule has 1 fully saturated rings. The maximum absolute atomic E-state index is 11.8. The van der Waals surface area contributed by atoms with Crippen molar-refractivity contribution in [3.8, 4) is 0 Å². The van der Waals surface area contributed by atoms with Gasteiger partial charge in [-0.3, -0.25) is 19.7 Å². The van der Waals surface area contributed by atoms with Crippen LogP contribution >= 0.6 is 0 Å². The quantitative estimate of drug-likeness (QED) is 0.641. The van der Waals surface area contributed by atoms with Crippen LogP contribution in [0.15, 0.2) is 18.2 Å². The molecule has 7 heteroatoms. The minimum absolute atomic E-state index is 0.0483. The highest BCUT2D eigenvalue weighted by molar-refractivity contribution is 6.00. The number of carbonyl (C=O) groups excluding carboxylic acids is 2. The number of primary amides is 1. The first-order valence-electron chi connectivity index (χ1n) is 5.75. The molecule has 1 heterocycles. The number of aryl methyl sites for hydroxylation is 1. The van der Waals surface area contributed by atoms with E-state index in [-0.39, 0.29) is 24.6 Å². The average Bonchev–Trinajstić information content (AvgIpc) is 2.72. The first-order valence-corrected chi connectivity index (χ1v) is 5.75. The van der Waals surface area contributed by atoms with Crippen LogP contribution in [0, 0.1) is 23.0 Å². The SMILES string of the molecule is Cc1ccc(N2C[C@@H](C(N)=O)CC2=O)cc1[N+](=O)[O-]. The van der Waals surface area contributed by atoms with E-state index in [1.54, 1.807) is 19.1 Å². The molecule has 19 heavy (non-hydrogen) atoms. The lowest BCUT2D eigenvalue weighted by Gasteiger charge is -2.16. The normalized spacial score (nSPS) is 18.7. The molecule has 1 saturated heterocycles. The molecule has 1 aliphatic heterocycles. The van der Waals surface area contributed by atoms with Crippen LogP contribution in [0.2, 0.25) is 0 Å². The minimum Gasteiger partial charge on any atom is -0.369 e. The Morgan fingerprint density at radius 3 is 2.74 bits per heavy atom. The molecule has 2 N–H and O–H groups in total. The molecule has 1 aromatic carbocycles. The van der Waals surface area contributed by atoms with Gasteiger partial charge in [0.05, 0.1) is 16.5 Å². The van der Waals surface area contributed by atoms with Crippen LogP contribution in [0.1, 0.15) is 12.0 Å². The molecule has 0 spiro atoms. The van der Waals surface area contributed by atoms with Gasteiger partial charge in [0.25, 0.3) is 5.69 Å². The van der Waals surface area contributed by atoms with Gasteiger partial charge in [-0.25, -0.2) is 0 Å². The van der Waals surface area contributed by atoms with Gasteiger partial charge < -0.3 is 10.6 Å². The van der Waals surface area contributed by atoms with Gasteiger partial charge in [0, 0.05) is 24.6 Å². The molecule has 1 atom stereocenters. The van der Waals surface area contributed by atoms with Crippen molar-refractivity contribution in [2.45, 2.75) is 13.3 Å². The number of nitrogens with two attached hydrogens (primary N) is 1. The smallest absolute Gasteiger partial charge is 0.274 e. The van der Waals surface area contributed by atoms with Crippen LogP contribution in [-0.2, 0) is 9.59 Å². The second kappa shape index (κ2) is 4.68. The minimum atomic E-state index is -0.534. The molecule has 1 aliphatic rings. The summed E-state index contributed by atoms with van der Waals surface area (Å²) < 4.78 is 0. The third-order valence-corrected chi connectivity index (χ3v) is 3.23. The summed E-state index contributed by atoms with van der Waals surface area (Å²) in [6.07, 6.45) is 0.0526. The molecular formula is C12H13N3O4. The van der Waals surface area contributed by atoms with E-state index < -0.39 is 16.7 Å². The fraction of sp³-hybridized carbons (Fsp3) is 0.333. The van der Waals surface area contributed by atoms with Gasteiger partial charge >= 0.3 is 0 Å². The maximum atomic E-state index is 11.8. The van der Waals surface area contributed by atoms with E-state index in [9.17, 15) is 19.7 Å². The second-order valence-electron chi connectivity index (χ2n) is 4.54. The van der Waals surface area contributed by atoms with Gasteiger partial charge in [-0.05, 0) is 13.0 Å². The predicted octanol–water partition coefficient (Wildman–Crippen LogP) is 0.741. The number of nitrogens with zero attached hydrogens (tertiary/aromatic N) is 2. The van der Waals surface area contributed by atoms with Crippen molar-refractivity contribution in [1.82, 2.24) is 0 Å². The summed E-state index contributed by atoms with van der Waals surface area (Å²) in [6, 6.07) is 4.55. The van der Waals surface area contributed by atoms with Gasteiger partial charge in [0.15, 0.2) is 0 Å². The Morgan fingerprint density at radius 1 is 1.53 bits per heavy atom. The molecule has 0 radical (unpaired) electrons. The Morgan fingerprint density at radius 2 is 2.21 bits per heavy atom. The number of nitro groups is 1. The van der Waals surface area contributed by atoms with Gasteiger partial charge in [-0.15, -0.1) is 0 Å². The third-order valence-electron chi connectivity index (χ3n) is 3.23. The summed E-state index contributed by atoms with van der Waals surface area (Å²) in [7, 11) is 0. The predicted molar refractivity (Wildman–Crippen MR) is 67.5 cm³/mol. The average molecular weight is 263 g/mol. The first-order chi connectivity index (χ1) is 8.90. The Hall–Kier alpha value is -2.44. The molecule has 0 aromatic heterocycles. The summed E-state index contributed by atoms with van der Waals surface area (Å²) in [5.74, 6) is -1.31. The van der Waals surface area contributed by atoms with Crippen molar-refractivity contribution < 1.29 is 14.5 Å². The molecule has 2 amide bonds. The number of hydrogen-bond acceptors (Lipinski definition) is 4. The maximum Gasteiger partial charge on any atom is 0.274 e. The molecule has 0 aliphatic carbocycles. The van der Waals surface area contributed by atoms with Gasteiger partial charge in [0.2, 0.25) is 11.8 Å². The summed E-state index contributed by atoms with van der Waals surface area (Å²) in [4.78, 5) is 34.6. The van der Waals surface area contributed by atoms with Crippen molar-refractivity contribution in [2.24, 2.45) is 11.7 Å². The third kappa shape index (κ3) is 2.40. The summed E-state index contributed by atoms with van der Waals surface area (Å²) in [5.41, 5.74) is 6.07. The molecule has 100 valence electrons. The van der Waals surface area contributed by atoms with Crippen LogP contribution in [0.5, 0.6) is 0 Å². The highest BCUT2D eigenvalue weighted by Gasteiger charge is 2.34. The Labute approximate surface area is 109 Å². The molecule has 7 nitrogen and oxygen atoms in total. The zero-order valence-electron chi connectivity index (χ0n) is 10.3. The largest absolute Gasteiger partial charge is 0.369 e. The number of hydrogen-bond donors (Lipinski definition) is 1. The molecule has 1 aromatic rings. The number of nitro benzene ring substituents is 1. The zero-order chi connectivity index (χ0) is 14.2. The Bertz CT molecular complexity index is 570. The van der Waals surface area contributed by atoms with E-state index in [0.29, 0.717) is 11.3 Å². The molecule has 0 bridgehead atoms. The number of rotatable bonds is 3. The fourth-order valence-electron chi connectivity index (χ4n) is 2.11. The number of benzene rings is 1. The van der Waals surface area contributed by atoms with Crippen LogP contribution in [0.25, 0.3) is 0 Å². The second-order valence-corrected chi connectivity index (χ2v) is 4.54. The van der Waals surface area contributed by atoms with E-state index >= 15 is 0 Å². The lowest BCUT2D eigenvalue weighted by atomic mass is 10.1. The standard InChI is InChI=1S/C12H13N3O4/c1-7-2-3-9(5-10(7)15(18)19)14-6-8(12(13)17)4-11(14)16/h2-3,5,8H,4,6H2,1H3,(H2,13,17)/t8-/m0/s1. The van der Waals surface area contributed by atoms with E-state index in [4.69, 9.17) is 5.73 Å². The van der Waals surface area contributed by atoms with Crippen molar-refractivity contribution >= 4 is 23.2 Å². The lowest BCUT2D eigenvalue weighted by Crippen LogP contribution is -2.28. The van der Waals surface area contributed by atoms with Gasteiger partial charge in [-0.1, -0.05) is 6.07 Å². The fourth-order valence-corrected chi connectivity index (χ4v) is 2.11. The Balaban J connectivity index is 2.33. The zero-order valence-corrected chi connectivity index (χ0v) is 10.3. The lowest BCUT2D eigenvalue weighted by molar-refractivity contribution is -0.385.